The minimum absolute atomic E-state index is 0.0278. The molecule has 1 aromatic heterocycles. The topological polar surface area (TPSA) is 84.8 Å². The molecule has 41 heavy (non-hydrogen) atoms. The first-order valence-electron chi connectivity index (χ1n) is 12.2. The third-order valence-corrected chi connectivity index (χ3v) is 7.01. The van der Waals surface area contributed by atoms with Gasteiger partial charge in [0.2, 0.25) is 5.91 Å². The van der Waals surface area contributed by atoms with Crippen LogP contribution in [0.4, 0.5) is 28.4 Å². The predicted octanol–water partition coefficient (Wildman–Crippen LogP) is 7.32. The van der Waals surface area contributed by atoms with Gasteiger partial charge < -0.3 is 14.8 Å². The van der Waals surface area contributed by atoms with Crippen molar-refractivity contribution in [2.75, 3.05) is 11.9 Å². The maximum Gasteiger partial charge on any atom is 0.416 e. The number of nitrogens with one attached hydrogen (secondary N) is 2. The molecule has 0 aliphatic rings. The summed E-state index contributed by atoms with van der Waals surface area (Å²) in [5.41, 5.74) is 3.38. The second-order valence-electron chi connectivity index (χ2n) is 8.46. The Labute approximate surface area is 250 Å². The highest BCUT2D eigenvalue weighted by Crippen LogP contribution is 2.35. The molecule has 4 aromatic rings. The van der Waals surface area contributed by atoms with Crippen LogP contribution in [-0.2, 0) is 24.0 Å². The van der Waals surface area contributed by atoms with Gasteiger partial charge in [0, 0.05) is 16.6 Å². The number of alkyl halides is 3. The minimum Gasteiger partial charge on any atom is -0.490 e. The maximum atomic E-state index is 14.0. The number of nitrogens with zero attached hydrogens (tertiary/aromatic N) is 2. The van der Waals surface area contributed by atoms with Gasteiger partial charge in [0.25, 0.3) is 0 Å². The highest BCUT2D eigenvalue weighted by Gasteiger charge is 2.30. The molecule has 0 saturated heterocycles. The SMILES string of the molecule is CCOc1cc(/C=N\NC(=O)Cc2csc(Nc3cccc(C(F)(F)F)c3)n2)cc(I)c1OCc1ccccc1F. The van der Waals surface area contributed by atoms with Gasteiger partial charge in [0.05, 0.1) is 34.1 Å². The lowest BCUT2D eigenvalue weighted by molar-refractivity contribution is -0.137. The van der Waals surface area contributed by atoms with Gasteiger partial charge in [-0.05, 0) is 71.5 Å². The largest absolute Gasteiger partial charge is 0.490 e. The molecule has 0 radical (unpaired) electrons. The van der Waals surface area contributed by atoms with Crippen LogP contribution >= 0.6 is 33.9 Å². The summed E-state index contributed by atoms with van der Waals surface area (Å²) in [5, 5.41) is 8.82. The third-order valence-electron chi connectivity index (χ3n) is 5.40. The number of halogens is 5. The number of aromatic nitrogens is 1. The lowest BCUT2D eigenvalue weighted by Crippen LogP contribution is -2.20. The summed E-state index contributed by atoms with van der Waals surface area (Å²) in [7, 11) is 0. The molecule has 0 bridgehead atoms. The maximum absolute atomic E-state index is 14.0. The van der Waals surface area contributed by atoms with Crippen molar-refractivity contribution in [1.29, 1.82) is 0 Å². The Morgan fingerprint density at radius 3 is 2.68 bits per heavy atom. The fraction of sp³-hybridized carbons (Fsp3) is 0.179. The van der Waals surface area contributed by atoms with E-state index in [1.807, 2.05) is 6.92 Å². The van der Waals surface area contributed by atoms with Gasteiger partial charge in [-0.1, -0.05) is 24.3 Å². The number of rotatable bonds is 11. The molecule has 0 unspecified atom stereocenters. The van der Waals surface area contributed by atoms with Crippen molar-refractivity contribution in [2.24, 2.45) is 5.10 Å². The molecule has 214 valence electrons. The molecule has 0 aliphatic carbocycles. The van der Waals surface area contributed by atoms with Gasteiger partial charge in [-0.2, -0.15) is 18.3 Å². The van der Waals surface area contributed by atoms with E-state index < -0.39 is 17.6 Å². The summed E-state index contributed by atoms with van der Waals surface area (Å²) in [5.74, 6) is 0.129. The number of benzene rings is 3. The molecule has 0 saturated carbocycles. The lowest BCUT2D eigenvalue weighted by Gasteiger charge is -2.15. The number of hydrazone groups is 1. The number of carbonyl (C=O) groups excluding carboxylic acids is 1. The number of hydrogen-bond acceptors (Lipinski definition) is 7. The van der Waals surface area contributed by atoms with Crippen LogP contribution in [0.15, 0.2) is 71.1 Å². The fourth-order valence-electron chi connectivity index (χ4n) is 3.56. The van der Waals surface area contributed by atoms with E-state index >= 15 is 0 Å². The van der Waals surface area contributed by atoms with Crippen molar-refractivity contribution in [1.82, 2.24) is 10.4 Å². The first-order chi connectivity index (χ1) is 19.6. The standard InChI is InChI=1S/C28H23F4IN4O3S/c1-2-39-24-11-17(10-23(33)26(24)40-15-18-6-3-4-9-22(18)29)14-34-37-25(38)13-21-16-41-27(36-21)35-20-8-5-7-19(12-20)28(30,31)32/h3-12,14,16H,2,13,15H2,1H3,(H,35,36)(H,37,38)/b34-14-. The van der Waals surface area contributed by atoms with Gasteiger partial charge in [0.1, 0.15) is 12.4 Å². The minimum atomic E-state index is -4.45. The first kappa shape index (κ1) is 30.2. The van der Waals surface area contributed by atoms with Gasteiger partial charge in [-0.15, -0.1) is 11.3 Å². The normalized spacial score (nSPS) is 11.5. The fourth-order valence-corrected chi connectivity index (χ4v) is 5.07. The molecule has 13 heteroatoms. The molecule has 0 atom stereocenters. The number of hydrogen-bond donors (Lipinski definition) is 2. The molecule has 1 heterocycles. The molecule has 3 aromatic carbocycles. The van der Waals surface area contributed by atoms with Crippen LogP contribution in [-0.4, -0.2) is 23.7 Å². The zero-order valence-electron chi connectivity index (χ0n) is 21.5. The summed E-state index contributed by atoms with van der Waals surface area (Å²) in [6.07, 6.45) is -3.08. The first-order valence-corrected chi connectivity index (χ1v) is 14.1. The Hall–Kier alpha value is -3.72. The molecule has 4 rings (SSSR count). The zero-order chi connectivity index (χ0) is 29.4. The monoisotopic (exact) mass is 698 g/mol. The summed E-state index contributed by atoms with van der Waals surface area (Å²) >= 11 is 3.25. The van der Waals surface area contributed by atoms with Gasteiger partial charge >= 0.3 is 6.18 Å². The average Bonchev–Trinajstić information content (AvgIpc) is 3.35. The van der Waals surface area contributed by atoms with Crippen LogP contribution in [0.2, 0.25) is 0 Å². The van der Waals surface area contributed by atoms with E-state index in [9.17, 15) is 22.4 Å². The molecule has 0 aliphatic heterocycles. The van der Waals surface area contributed by atoms with Gasteiger partial charge in [-0.25, -0.2) is 14.8 Å². The Bertz CT molecular complexity index is 1550. The number of thiazole rings is 1. The number of ether oxygens (including phenoxy) is 2. The van der Waals surface area contributed by atoms with Crippen LogP contribution in [0.5, 0.6) is 11.5 Å². The Balaban J connectivity index is 1.34. The van der Waals surface area contributed by atoms with Crippen molar-refractivity contribution in [3.63, 3.8) is 0 Å². The van der Waals surface area contributed by atoms with Crippen molar-refractivity contribution in [2.45, 2.75) is 26.1 Å². The van der Waals surface area contributed by atoms with E-state index in [4.69, 9.17) is 9.47 Å². The number of carbonyl (C=O) groups is 1. The van der Waals surface area contributed by atoms with Crippen LogP contribution in [0.1, 0.15) is 29.3 Å². The highest BCUT2D eigenvalue weighted by atomic mass is 127. The average molecular weight is 698 g/mol. The van der Waals surface area contributed by atoms with Crippen LogP contribution in [0.25, 0.3) is 0 Å². The molecule has 2 N–H and O–H groups in total. The summed E-state index contributed by atoms with van der Waals surface area (Å²) < 4.78 is 65.1. The smallest absolute Gasteiger partial charge is 0.416 e. The van der Waals surface area contributed by atoms with E-state index in [1.54, 1.807) is 35.7 Å². The second kappa shape index (κ2) is 13.8. The van der Waals surface area contributed by atoms with Gasteiger partial charge in [-0.3, -0.25) is 4.79 Å². The van der Waals surface area contributed by atoms with Crippen LogP contribution in [0, 0.1) is 9.39 Å². The number of amides is 1. The predicted molar refractivity (Wildman–Crippen MR) is 157 cm³/mol. The molecular formula is C28H23F4IN4O3S. The van der Waals surface area contributed by atoms with Gasteiger partial charge in [0.15, 0.2) is 16.6 Å². The number of anilines is 2. The van der Waals surface area contributed by atoms with Crippen LogP contribution < -0.4 is 20.2 Å². The third kappa shape index (κ3) is 8.63. The molecular weight excluding hydrogens is 675 g/mol. The molecule has 0 fully saturated rings. The molecule has 1 amide bonds. The van der Waals surface area contributed by atoms with E-state index in [0.29, 0.717) is 43.6 Å². The molecule has 7 nitrogen and oxygen atoms in total. The van der Waals surface area contributed by atoms with Crippen LogP contribution in [0.3, 0.4) is 0 Å². The quantitative estimate of drug-likeness (QED) is 0.0743. The van der Waals surface area contributed by atoms with E-state index in [1.165, 1.54) is 24.4 Å². The van der Waals surface area contributed by atoms with Crippen molar-refractivity contribution in [3.05, 3.63) is 97.8 Å². The Kier molecular flexibility index (Phi) is 10.2. The zero-order valence-corrected chi connectivity index (χ0v) is 24.4. The van der Waals surface area contributed by atoms with E-state index in [0.717, 1.165) is 23.5 Å². The molecule has 0 spiro atoms. The Morgan fingerprint density at radius 1 is 1.12 bits per heavy atom. The van der Waals surface area contributed by atoms with E-state index in [2.05, 4.69) is 43.4 Å². The lowest BCUT2D eigenvalue weighted by atomic mass is 10.2. The van der Waals surface area contributed by atoms with Crippen molar-refractivity contribution < 1.29 is 31.8 Å². The second-order valence-corrected chi connectivity index (χ2v) is 10.5. The Morgan fingerprint density at radius 2 is 1.93 bits per heavy atom. The van der Waals surface area contributed by atoms with E-state index in [-0.39, 0.29) is 24.5 Å². The highest BCUT2D eigenvalue weighted by molar-refractivity contribution is 14.1. The van der Waals surface area contributed by atoms with Crippen molar-refractivity contribution >= 4 is 56.9 Å². The summed E-state index contributed by atoms with van der Waals surface area (Å²) in [4.78, 5) is 16.6. The summed E-state index contributed by atoms with van der Waals surface area (Å²) in [6, 6.07) is 14.6. The van der Waals surface area contributed by atoms with Crippen molar-refractivity contribution in [3.8, 4) is 11.5 Å². The summed E-state index contributed by atoms with van der Waals surface area (Å²) in [6.45, 7) is 2.23.